The van der Waals surface area contributed by atoms with Crippen LogP contribution in [0.15, 0.2) is 6.20 Å². The van der Waals surface area contributed by atoms with Crippen LogP contribution in [0.1, 0.15) is 18.7 Å². The Hall–Kier alpha value is -1.92. The molecular weight excluding hydrogens is 214 g/mol. The van der Waals surface area contributed by atoms with Gasteiger partial charge < -0.3 is 19.4 Å². The van der Waals surface area contributed by atoms with E-state index in [0.717, 1.165) is 0 Å². The lowest BCUT2D eigenvalue weighted by Crippen LogP contribution is -2.04. The van der Waals surface area contributed by atoms with Gasteiger partial charge in [-0.25, -0.2) is 0 Å². The Labute approximate surface area is 92.2 Å². The van der Waals surface area contributed by atoms with Crippen molar-refractivity contribution in [2.24, 2.45) is 0 Å². The molecule has 0 amide bonds. The molecule has 1 heterocycles. The predicted molar refractivity (Wildman–Crippen MR) is 54.9 cm³/mol. The van der Waals surface area contributed by atoms with Crippen molar-refractivity contribution in [1.82, 2.24) is 9.55 Å². The molecule has 16 heavy (non-hydrogen) atoms. The first-order valence-electron chi connectivity index (χ1n) is 4.79. The fourth-order valence-corrected chi connectivity index (χ4v) is 1.30. The number of imidazole rings is 1. The number of methoxy groups -OCH3 is 1. The fraction of sp³-hybridized carbons (Fsp3) is 0.556. The third-order valence-corrected chi connectivity index (χ3v) is 2.16. The van der Waals surface area contributed by atoms with Gasteiger partial charge in [0.15, 0.2) is 0 Å². The Morgan fingerprint density at radius 1 is 1.69 bits per heavy atom. The van der Waals surface area contributed by atoms with Gasteiger partial charge in [0.05, 0.1) is 7.11 Å². The molecule has 0 aliphatic carbocycles. The molecule has 0 aliphatic heterocycles. The molecule has 0 bridgehead atoms. The molecule has 1 aromatic rings. The molecule has 0 radical (unpaired) electrons. The molecule has 0 unspecified atom stereocenters. The van der Waals surface area contributed by atoms with Crippen LogP contribution in [0.3, 0.4) is 0 Å². The summed E-state index contributed by atoms with van der Waals surface area (Å²) in [6.45, 7) is 2.20. The predicted octanol–water partition coefficient (Wildman–Crippen LogP) is 1.05. The minimum atomic E-state index is -0.538. The summed E-state index contributed by atoms with van der Waals surface area (Å²) in [5, 5.41) is 10.5. The van der Waals surface area contributed by atoms with E-state index in [0.29, 0.717) is 25.2 Å². The Balaban J connectivity index is 2.54. The molecule has 0 fully saturated rings. The molecule has 7 heteroatoms. The van der Waals surface area contributed by atoms with Crippen molar-refractivity contribution in [2.45, 2.75) is 26.3 Å². The van der Waals surface area contributed by atoms with Gasteiger partial charge in [-0.15, -0.1) is 0 Å². The average Bonchev–Trinajstić information content (AvgIpc) is 2.60. The van der Waals surface area contributed by atoms with Crippen LogP contribution < -0.4 is 0 Å². The highest BCUT2D eigenvalue weighted by Gasteiger charge is 2.14. The van der Waals surface area contributed by atoms with Gasteiger partial charge in [-0.1, -0.05) is 0 Å². The Morgan fingerprint density at radius 3 is 2.88 bits per heavy atom. The summed E-state index contributed by atoms with van der Waals surface area (Å²) in [5.74, 6) is 0.111. The van der Waals surface area contributed by atoms with E-state index in [1.807, 2.05) is 0 Å². The van der Waals surface area contributed by atoms with Crippen molar-refractivity contribution in [3.8, 4) is 0 Å². The van der Waals surface area contributed by atoms with Crippen molar-refractivity contribution < 1.29 is 14.5 Å². The number of nitrogens with zero attached hydrogens (tertiary/aromatic N) is 3. The summed E-state index contributed by atoms with van der Waals surface area (Å²) in [4.78, 5) is 24.5. The maximum absolute atomic E-state index is 10.8. The summed E-state index contributed by atoms with van der Waals surface area (Å²) in [5.41, 5.74) is 0. The minimum Gasteiger partial charge on any atom is -0.469 e. The number of ether oxygens (including phenoxy) is 1. The van der Waals surface area contributed by atoms with Crippen LogP contribution in [-0.2, 0) is 16.1 Å². The van der Waals surface area contributed by atoms with E-state index in [1.165, 1.54) is 13.3 Å². The summed E-state index contributed by atoms with van der Waals surface area (Å²) in [6.07, 6.45) is 2.23. The second-order valence-corrected chi connectivity index (χ2v) is 3.28. The molecule has 7 nitrogen and oxygen atoms in total. The maximum atomic E-state index is 10.8. The SMILES string of the molecule is COC(=O)CCCn1cc([N+](=O)[O-])nc1C. The van der Waals surface area contributed by atoms with Crippen molar-refractivity contribution in [1.29, 1.82) is 0 Å². The largest absolute Gasteiger partial charge is 0.469 e. The van der Waals surface area contributed by atoms with E-state index in [4.69, 9.17) is 0 Å². The summed E-state index contributed by atoms with van der Waals surface area (Å²) < 4.78 is 6.14. The van der Waals surface area contributed by atoms with E-state index < -0.39 is 4.92 Å². The van der Waals surface area contributed by atoms with Crippen LogP contribution >= 0.6 is 0 Å². The first-order valence-corrected chi connectivity index (χ1v) is 4.79. The van der Waals surface area contributed by atoms with Gasteiger partial charge >= 0.3 is 11.8 Å². The number of carbonyl (C=O) groups excluding carboxylic acids is 1. The number of rotatable bonds is 5. The van der Waals surface area contributed by atoms with Crippen molar-refractivity contribution in [2.75, 3.05) is 7.11 Å². The van der Waals surface area contributed by atoms with Crippen LogP contribution in [0.25, 0.3) is 0 Å². The van der Waals surface area contributed by atoms with Crippen LogP contribution in [0.4, 0.5) is 5.82 Å². The number of aryl methyl sites for hydroxylation is 2. The number of esters is 1. The molecule has 0 saturated carbocycles. The van der Waals surface area contributed by atoms with Crippen LogP contribution in [0.5, 0.6) is 0 Å². The van der Waals surface area contributed by atoms with Crippen LogP contribution in [0.2, 0.25) is 0 Å². The molecule has 88 valence electrons. The number of aromatic nitrogens is 2. The van der Waals surface area contributed by atoms with Gasteiger partial charge in [0, 0.05) is 19.9 Å². The van der Waals surface area contributed by atoms with E-state index in [-0.39, 0.29) is 11.8 Å². The highest BCUT2D eigenvalue weighted by Crippen LogP contribution is 2.11. The first-order chi connectivity index (χ1) is 7.54. The molecule has 1 aromatic heterocycles. The first kappa shape index (κ1) is 12.2. The molecule has 1 rings (SSSR count). The average molecular weight is 227 g/mol. The molecule has 0 atom stereocenters. The topological polar surface area (TPSA) is 87.3 Å². The second kappa shape index (κ2) is 5.24. The van der Waals surface area contributed by atoms with Gasteiger partial charge in [0.25, 0.3) is 0 Å². The summed E-state index contributed by atoms with van der Waals surface area (Å²) in [7, 11) is 1.33. The molecule has 0 N–H and O–H groups in total. The van der Waals surface area contributed by atoms with Crippen molar-refractivity contribution >= 4 is 11.8 Å². The lowest BCUT2D eigenvalue weighted by atomic mass is 10.3. The zero-order valence-corrected chi connectivity index (χ0v) is 9.17. The quantitative estimate of drug-likeness (QED) is 0.426. The van der Waals surface area contributed by atoms with Gasteiger partial charge in [-0.2, -0.15) is 0 Å². The highest BCUT2D eigenvalue weighted by atomic mass is 16.6. The number of hydrogen-bond donors (Lipinski definition) is 0. The molecule has 0 spiro atoms. The number of nitro groups is 1. The smallest absolute Gasteiger partial charge is 0.381 e. The van der Waals surface area contributed by atoms with E-state index in [2.05, 4.69) is 9.72 Å². The van der Waals surface area contributed by atoms with Crippen molar-refractivity contribution in [3.05, 3.63) is 22.1 Å². The van der Waals surface area contributed by atoms with Gasteiger partial charge in [-0.3, -0.25) is 4.79 Å². The van der Waals surface area contributed by atoms with E-state index in [1.54, 1.807) is 11.5 Å². The van der Waals surface area contributed by atoms with Crippen LogP contribution in [0, 0.1) is 17.0 Å². The standard InChI is InChI=1S/C9H13N3O4/c1-7-10-8(12(14)15)6-11(7)5-3-4-9(13)16-2/h6H,3-5H2,1-2H3. The monoisotopic (exact) mass is 227 g/mol. The Kier molecular flexibility index (Phi) is 3.98. The fourth-order valence-electron chi connectivity index (χ4n) is 1.30. The lowest BCUT2D eigenvalue weighted by Gasteiger charge is -2.01. The van der Waals surface area contributed by atoms with Crippen LogP contribution in [-0.4, -0.2) is 27.6 Å². The zero-order chi connectivity index (χ0) is 12.1. The Bertz CT molecular complexity index is 399. The Morgan fingerprint density at radius 2 is 2.38 bits per heavy atom. The van der Waals surface area contributed by atoms with E-state index >= 15 is 0 Å². The normalized spacial score (nSPS) is 10.1. The number of carbonyl (C=O) groups is 1. The lowest BCUT2D eigenvalue weighted by molar-refractivity contribution is -0.389. The molecule has 0 aromatic carbocycles. The number of hydrogen-bond acceptors (Lipinski definition) is 5. The third-order valence-electron chi connectivity index (χ3n) is 2.16. The summed E-state index contributed by atoms with van der Waals surface area (Å²) >= 11 is 0. The van der Waals surface area contributed by atoms with Gasteiger partial charge in [0.1, 0.15) is 6.20 Å². The zero-order valence-electron chi connectivity index (χ0n) is 9.17. The molecule has 0 aliphatic rings. The maximum Gasteiger partial charge on any atom is 0.381 e. The van der Waals surface area contributed by atoms with Crippen molar-refractivity contribution in [3.63, 3.8) is 0 Å². The van der Waals surface area contributed by atoms with E-state index in [9.17, 15) is 14.9 Å². The van der Waals surface area contributed by atoms with Gasteiger partial charge in [-0.05, 0) is 16.3 Å². The second-order valence-electron chi connectivity index (χ2n) is 3.28. The minimum absolute atomic E-state index is 0.171. The molecule has 0 saturated heterocycles. The molecular formula is C9H13N3O4. The highest BCUT2D eigenvalue weighted by molar-refractivity contribution is 5.68. The van der Waals surface area contributed by atoms with Gasteiger partial charge in [0.2, 0.25) is 5.82 Å². The third kappa shape index (κ3) is 3.04. The summed E-state index contributed by atoms with van der Waals surface area (Å²) in [6, 6.07) is 0.